The maximum absolute atomic E-state index is 10.6. The molecule has 2 atom stereocenters. The summed E-state index contributed by atoms with van der Waals surface area (Å²) < 4.78 is 5.75. The minimum atomic E-state index is -0.614. The highest BCUT2D eigenvalue weighted by Gasteiger charge is 2.26. The van der Waals surface area contributed by atoms with E-state index in [9.17, 15) is 5.11 Å². The van der Waals surface area contributed by atoms with Crippen LogP contribution in [-0.2, 0) is 16.1 Å². The Labute approximate surface area is 194 Å². The number of halogens is 2. The van der Waals surface area contributed by atoms with Gasteiger partial charge in [-0.05, 0) is 56.2 Å². The summed E-state index contributed by atoms with van der Waals surface area (Å²) in [7, 11) is 0. The van der Waals surface area contributed by atoms with Crippen molar-refractivity contribution in [2.75, 3.05) is 19.7 Å². The molecule has 0 saturated heterocycles. The average Bonchev–Trinajstić information content (AvgIpc) is 3.15. The summed E-state index contributed by atoms with van der Waals surface area (Å²) in [5, 5.41) is 16.2. The lowest BCUT2D eigenvalue weighted by molar-refractivity contribution is -0.0600. The third kappa shape index (κ3) is 8.09. The van der Waals surface area contributed by atoms with Gasteiger partial charge in [0.15, 0.2) is 0 Å². The van der Waals surface area contributed by atoms with Crippen LogP contribution in [0.3, 0.4) is 0 Å². The summed E-state index contributed by atoms with van der Waals surface area (Å²) >= 11 is 12.1. The SMILES string of the molecule is CC(C)(C)OC[C@H](O)CN(Cc1cccc(Cl)c1)C[C@@H]1CC(c2ccc(Cl)cc2)=NO1. The molecule has 0 saturated carbocycles. The van der Waals surface area contributed by atoms with Crippen LogP contribution in [0.25, 0.3) is 0 Å². The summed E-state index contributed by atoms with van der Waals surface area (Å²) in [5.41, 5.74) is 2.69. The van der Waals surface area contributed by atoms with E-state index < -0.39 is 6.10 Å². The summed E-state index contributed by atoms with van der Waals surface area (Å²) in [6.07, 6.45) is -0.0144. The van der Waals surface area contributed by atoms with E-state index in [0.717, 1.165) is 16.8 Å². The van der Waals surface area contributed by atoms with Gasteiger partial charge in [0.05, 0.1) is 24.0 Å². The molecular formula is C24H30Cl2N2O3. The van der Waals surface area contributed by atoms with Gasteiger partial charge in [-0.25, -0.2) is 0 Å². The normalized spacial score (nSPS) is 17.5. The molecule has 0 spiro atoms. The van der Waals surface area contributed by atoms with E-state index in [0.29, 0.717) is 36.1 Å². The summed E-state index contributed by atoms with van der Waals surface area (Å²) in [4.78, 5) is 7.87. The van der Waals surface area contributed by atoms with Gasteiger partial charge in [-0.15, -0.1) is 0 Å². The van der Waals surface area contributed by atoms with E-state index in [1.807, 2.05) is 69.3 Å². The molecule has 2 aromatic carbocycles. The van der Waals surface area contributed by atoms with Gasteiger partial charge in [0.1, 0.15) is 6.10 Å². The van der Waals surface area contributed by atoms with E-state index in [-0.39, 0.29) is 18.3 Å². The Hall–Kier alpha value is -1.63. The maximum atomic E-state index is 10.6. The van der Waals surface area contributed by atoms with Gasteiger partial charge in [0.25, 0.3) is 0 Å². The van der Waals surface area contributed by atoms with Crippen molar-refractivity contribution < 1.29 is 14.7 Å². The Bertz CT molecular complexity index is 881. The van der Waals surface area contributed by atoms with Crippen LogP contribution in [0.15, 0.2) is 53.7 Å². The van der Waals surface area contributed by atoms with Crippen molar-refractivity contribution >= 4 is 28.9 Å². The number of hydrogen-bond donors (Lipinski definition) is 1. The Morgan fingerprint density at radius 1 is 1.16 bits per heavy atom. The fraction of sp³-hybridized carbons (Fsp3) is 0.458. The lowest BCUT2D eigenvalue weighted by Gasteiger charge is -2.28. The third-order valence-electron chi connectivity index (χ3n) is 4.85. The maximum Gasteiger partial charge on any atom is 0.145 e. The third-order valence-corrected chi connectivity index (χ3v) is 5.33. The molecule has 31 heavy (non-hydrogen) atoms. The van der Waals surface area contributed by atoms with Crippen LogP contribution >= 0.6 is 23.2 Å². The average molecular weight is 465 g/mol. The molecule has 0 amide bonds. The monoisotopic (exact) mass is 464 g/mol. The largest absolute Gasteiger partial charge is 0.390 e. The first kappa shape index (κ1) is 24.0. The zero-order valence-corrected chi connectivity index (χ0v) is 19.7. The second kappa shape index (κ2) is 10.8. The second-order valence-corrected chi connectivity index (χ2v) is 9.75. The smallest absolute Gasteiger partial charge is 0.145 e. The van der Waals surface area contributed by atoms with Crippen molar-refractivity contribution in [2.24, 2.45) is 5.16 Å². The van der Waals surface area contributed by atoms with Gasteiger partial charge in [-0.1, -0.05) is 52.6 Å². The zero-order chi connectivity index (χ0) is 22.4. The fourth-order valence-electron chi connectivity index (χ4n) is 3.42. The highest BCUT2D eigenvalue weighted by Crippen LogP contribution is 2.21. The highest BCUT2D eigenvalue weighted by atomic mass is 35.5. The molecule has 1 aliphatic rings. The summed E-state index contributed by atoms with van der Waals surface area (Å²) in [6, 6.07) is 15.4. The molecule has 2 aromatic rings. The molecule has 0 radical (unpaired) electrons. The Morgan fingerprint density at radius 3 is 2.58 bits per heavy atom. The number of rotatable bonds is 9. The van der Waals surface area contributed by atoms with Crippen molar-refractivity contribution in [3.8, 4) is 0 Å². The van der Waals surface area contributed by atoms with Gasteiger partial charge in [-0.3, -0.25) is 4.90 Å². The van der Waals surface area contributed by atoms with Gasteiger partial charge in [0.2, 0.25) is 0 Å². The number of ether oxygens (including phenoxy) is 1. The standard InChI is InChI=1S/C24H30Cl2N2O3/c1-24(2,3)30-16-21(29)14-28(13-17-5-4-6-20(26)11-17)15-22-12-23(27-31-22)18-7-9-19(25)10-8-18/h4-11,21-22,29H,12-16H2,1-3H3/t21-,22+/m1/s1. The predicted molar refractivity (Wildman–Crippen MR) is 126 cm³/mol. The van der Waals surface area contributed by atoms with Crippen LogP contribution < -0.4 is 0 Å². The summed E-state index contributed by atoms with van der Waals surface area (Å²) in [5.74, 6) is 0. The lowest BCUT2D eigenvalue weighted by atomic mass is 10.0. The molecule has 1 aliphatic heterocycles. The van der Waals surface area contributed by atoms with E-state index in [4.69, 9.17) is 32.8 Å². The first-order valence-electron chi connectivity index (χ1n) is 10.5. The Morgan fingerprint density at radius 2 is 1.90 bits per heavy atom. The minimum absolute atomic E-state index is 0.0967. The minimum Gasteiger partial charge on any atom is -0.390 e. The molecule has 1 N–H and O–H groups in total. The Balaban J connectivity index is 1.62. The highest BCUT2D eigenvalue weighted by molar-refractivity contribution is 6.31. The zero-order valence-electron chi connectivity index (χ0n) is 18.2. The van der Waals surface area contributed by atoms with Gasteiger partial charge >= 0.3 is 0 Å². The van der Waals surface area contributed by atoms with Crippen molar-refractivity contribution in [1.82, 2.24) is 4.90 Å². The number of oxime groups is 1. The van der Waals surface area contributed by atoms with Gasteiger partial charge < -0.3 is 14.7 Å². The van der Waals surface area contributed by atoms with Crippen LogP contribution in [0.1, 0.15) is 38.3 Å². The first-order chi connectivity index (χ1) is 14.7. The molecular weight excluding hydrogens is 435 g/mol. The van der Waals surface area contributed by atoms with Crippen LogP contribution in [-0.4, -0.2) is 53.2 Å². The van der Waals surface area contributed by atoms with Crippen LogP contribution in [0, 0.1) is 0 Å². The van der Waals surface area contributed by atoms with Crippen molar-refractivity contribution in [2.45, 2.75) is 51.5 Å². The van der Waals surface area contributed by atoms with E-state index >= 15 is 0 Å². The molecule has 0 unspecified atom stereocenters. The fourth-order valence-corrected chi connectivity index (χ4v) is 3.76. The van der Waals surface area contributed by atoms with Crippen molar-refractivity contribution in [1.29, 1.82) is 0 Å². The summed E-state index contributed by atoms with van der Waals surface area (Å²) in [6.45, 7) is 7.93. The molecule has 0 aliphatic carbocycles. The van der Waals surface area contributed by atoms with Gasteiger partial charge in [0, 0.05) is 36.1 Å². The molecule has 0 fully saturated rings. The van der Waals surface area contributed by atoms with Crippen molar-refractivity contribution in [3.63, 3.8) is 0 Å². The molecule has 0 bridgehead atoms. The molecule has 0 aromatic heterocycles. The van der Waals surface area contributed by atoms with Crippen LogP contribution in [0.2, 0.25) is 10.0 Å². The number of hydrogen-bond acceptors (Lipinski definition) is 5. The quantitative estimate of drug-likeness (QED) is 0.556. The number of nitrogens with zero attached hydrogens (tertiary/aromatic N) is 2. The molecule has 7 heteroatoms. The number of benzene rings is 2. The molecule has 3 rings (SSSR count). The van der Waals surface area contributed by atoms with Crippen LogP contribution in [0.4, 0.5) is 0 Å². The first-order valence-corrected chi connectivity index (χ1v) is 11.2. The van der Waals surface area contributed by atoms with Crippen LogP contribution in [0.5, 0.6) is 0 Å². The number of aliphatic hydroxyl groups is 1. The van der Waals surface area contributed by atoms with E-state index in [1.165, 1.54) is 0 Å². The predicted octanol–water partition coefficient (Wildman–Crippen LogP) is 5.16. The van der Waals surface area contributed by atoms with Crippen molar-refractivity contribution in [3.05, 3.63) is 69.7 Å². The number of aliphatic hydroxyl groups excluding tert-OH is 1. The van der Waals surface area contributed by atoms with E-state index in [1.54, 1.807) is 0 Å². The topological polar surface area (TPSA) is 54.3 Å². The molecule has 5 nitrogen and oxygen atoms in total. The second-order valence-electron chi connectivity index (χ2n) is 8.88. The molecule has 168 valence electrons. The lowest BCUT2D eigenvalue weighted by Crippen LogP contribution is -2.40. The molecule has 1 heterocycles. The Kier molecular flexibility index (Phi) is 8.36. The van der Waals surface area contributed by atoms with E-state index in [2.05, 4.69) is 10.1 Å². The van der Waals surface area contributed by atoms with Gasteiger partial charge in [-0.2, -0.15) is 0 Å².